The fourth-order valence-electron chi connectivity index (χ4n) is 4.21. The summed E-state index contributed by atoms with van der Waals surface area (Å²) in [4.78, 5) is 0. The van der Waals surface area contributed by atoms with E-state index in [1.807, 2.05) is 48.5 Å². The molecule has 0 amide bonds. The molecule has 0 radical (unpaired) electrons. The van der Waals surface area contributed by atoms with Crippen molar-refractivity contribution in [3.63, 3.8) is 0 Å². The molecule has 124 valence electrons. The van der Waals surface area contributed by atoms with Crippen molar-refractivity contribution in [3.8, 4) is 0 Å². The van der Waals surface area contributed by atoms with Gasteiger partial charge in [0.2, 0.25) is 0 Å². The lowest BCUT2D eigenvalue weighted by Gasteiger charge is -2.17. The first-order valence-electron chi connectivity index (χ1n) is 8.42. The molecule has 0 aromatic heterocycles. The first-order chi connectivity index (χ1) is 12.6. The van der Waals surface area contributed by atoms with Crippen LogP contribution < -0.4 is 10.9 Å². The Labute approximate surface area is 149 Å². The third-order valence-corrected chi connectivity index (χ3v) is 5.29. The van der Waals surface area contributed by atoms with Crippen LogP contribution in [0.4, 0.5) is 0 Å². The first kappa shape index (κ1) is 15.6. The van der Waals surface area contributed by atoms with Crippen LogP contribution >= 0.6 is 0 Å². The van der Waals surface area contributed by atoms with Gasteiger partial charge in [-0.25, -0.2) is 0 Å². The maximum Gasteiger partial charge on any atom is 0.489 e. The maximum absolute atomic E-state index is 9.74. The molecule has 0 fully saturated rings. The van der Waals surface area contributed by atoms with Crippen LogP contribution in [0.3, 0.4) is 0 Å². The van der Waals surface area contributed by atoms with Gasteiger partial charge in [-0.05, 0) is 54.0 Å². The Bertz CT molecular complexity index is 1180. The van der Waals surface area contributed by atoms with Crippen LogP contribution in [0.25, 0.3) is 43.1 Å². The molecule has 0 unspecified atom stereocenters. The second-order valence-corrected chi connectivity index (χ2v) is 6.61. The van der Waals surface area contributed by atoms with E-state index in [0.717, 1.165) is 43.1 Å². The van der Waals surface area contributed by atoms with Gasteiger partial charge < -0.3 is 20.1 Å². The third kappa shape index (κ3) is 1.95. The van der Waals surface area contributed by atoms with Crippen molar-refractivity contribution in [2.75, 3.05) is 0 Å². The molecule has 5 aromatic carbocycles. The van der Waals surface area contributed by atoms with Crippen molar-refractivity contribution in [2.24, 2.45) is 0 Å². The maximum atomic E-state index is 9.74. The van der Waals surface area contributed by atoms with E-state index in [9.17, 15) is 20.1 Å². The summed E-state index contributed by atoms with van der Waals surface area (Å²) in [6, 6.07) is 18.9. The number of fused-ring (bicyclic) bond motifs is 2. The molecule has 0 bridgehead atoms. The fraction of sp³-hybridized carbons (Fsp3) is 0. The second kappa shape index (κ2) is 5.43. The summed E-state index contributed by atoms with van der Waals surface area (Å²) in [5.74, 6) is 0. The summed E-state index contributed by atoms with van der Waals surface area (Å²) in [7, 11) is -3.08. The van der Waals surface area contributed by atoms with Crippen LogP contribution in [0.2, 0.25) is 0 Å². The Hall–Kier alpha value is -2.63. The van der Waals surface area contributed by atoms with E-state index < -0.39 is 14.2 Å². The number of hydrogen-bond donors (Lipinski definition) is 4. The molecule has 0 heterocycles. The minimum Gasteiger partial charge on any atom is -0.423 e. The molecule has 6 heteroatoms. The molecule has 5 rings (SSSR count). The Kier molecular flexibility index (Phi) is 3.26. The predicted molar refractivity (Wildman–Crippen MR) is 107 cm³/mol. The highest BCUT2D eigenvalue weighted by Gasteiger charge is 2.21. The molecule has 5 aromatic rings. The van der Waals surface area contributed by atoms with Gasteiger partial charge in [0.1, 0.15) is 0 Å². The summed E-state index contributed by atoms with van der Waals surface area (Å²) >= 11 is 0. The van der Waals surface area contributed by atoms with E-state index in [4.69, 9.17) is 0 Å². The molecule has 0 aliphatic carbocycles. The highest BCUT2D eigenvalue weighted by molar-refractivity contribution is 6.64. The van der Waals surface area contributed by atoms with Gasteiger partial charge in [0.05, 0.1) is 0 Å². The predicted octanol–water partition coefficient (Wildman–Crippen LogP) is 1.10. The van der Waals surface area contributed by atoms with Crippen LogP contribution in [-0.2, 0) is 0 Å². The number of rotatable bonds is 2. The molecular formula is C20H14B2O4. The Balaban J connectivity index is 2.11. The first-order valence-corrected chi connectivity index (χ1v) is 8.42. The van der Waals surface area contributed by atoms with Gasteiger partial charge in [0.25, 0.3) is 0 Å². The summed E-state index contributed by atoms with van der Waals surface area (Å²) < 4.78 is 0. The quantitative estimate of drug-likeness (QED) is 0.220. The second-order valence-electron chi connectivity index (χ2n) is 6.61. The van der Waals surface area contributed by atoms with Crippen molar-refractivity contribution in [2.45, 2.75) is 0 Å². The lowest BCUT2D eigenvalue weighted by Crippen LogP contribution is -2.30. The van der Waals surface area contributed by atoms with E-state index in [0.29, 0.717) is 10.9 Å². The van der Waals surface area contributed by atoms with E-state index >= 15 is 0 Å². The van der Waals surface area contributed by atoms with Crippen LogP contribution in [0.5, 0.6) is 0 Å². The van der Waals surface area contributed by atoms with E-state index in [2.05, 4.69) is 0 Å². The standard InChI is InChI=1S/C20H14B2O4/c23-21(24)17-9-8-14-12-4-2-6-16-18(22(25)26)10-7-13(20(12)16)11-3-1-5-15(17)19(11)14/h1-10,23-26H. The monoisotopic (exact) mass is 340 g/mol. The summed E-state index contributed by atoms with van der Waals surface area (Å²) in [5, 5.41) is 46.6. The fourth-order valence-corrected chi connectivity index (χ4v) is 4.21. The zero-order valence-electron chi connectivity index (χ0n) is 13.7. The van der Waals surface area contributed by atoms with Crippen molar-refractivity contribution in [1.29, 1.82) is 0 Å². The number of hydrogen-bond acceptors (Lipinski definition) is 4. The van der Waals surface area contributed by atoms with Crippen LogP contribution in [-0.4, -0.2) is 34.3 Å². The normalized spacial score (nSPS) is 11.8. The molecule has 0 atom stereocenters. The lowest BCUT2D eigenvalue weighted by molar-refractivity contribution is 0.425. The molecule has 0 aliphatic rings. The number of benzene rings is 5. The summed E-state index contributed by atoms with van der Waals surface area (Å²) in [5.41, 5.74) is 0.951. The summed E-state index contributed by atoms with van der Waals surface area (Å²) in [6.45, 7) is 0. The molecule has 0 aliphatic heterocycles. The Morgan fingerprint density at radius 1 is 0.423 bits per heavy atom. The van der Waals surface area contributed by atoms with Crippen molar-refractivity contribution in [1.82, 2.24) is 0 Å². The smallest absolute Gasteiger partial charge is 0.423 e. The molecular weight excluding hydrogens is 326 g/mol. The van der Waals surface area contributed by atoms with E-state index in [1.54, 1.807) is 12.1 Å². The van der Waals surface area contributed by atoms with Gasteiger partial charge in [-0.2, -0.15) is 0 Å². The van der Waals surface area contributed by atoms with Crippen LogP contribution in [0.15, 0.2) is 60.7 Å². The highest BCUT2D eigenvalue weighted by atomic mass is 16.4. The summed E-state index contributed by atoms with van der Waals surface area (Å²) in [6.07, 6.45) is 0. The molecule has 0 spiro atoms. The lowest BCUT2D eigenvalue weighted by atomic mass is 9.73. The van der Waals surface area contributed by atoms with Crippen molar-refractivity contribution in [3.05, 3.63) is 60.7 Å². The minimum atomic E-state index is -1.54. The molecule has 0 saturated heterocycles. The molecule has 0 saturated carbocycles. The Morgan fingerprint density at radius 2 is 0.769 bits per heavy atom. The largest absolute Gasteiger partial charge is 0.489 e. The SMILES string of the molecule is OB(O)c1ccc2c3cccc4c(B(O)O)ccc(c5cccc1c52)c43. The third-order valence-electron chi connectivity index (χ3n) is 5.29. The van der Waals surface area contributed by atoms with E-state index in [1.165, 1.54) is 0 Å². The van der Waals surface area contributed by atoms with Gasteiger partial charge >= 0.3 is 14.2 Å². The van der Waals surface area contributed by atoms with E-state index in [-0.39, 0.29) is 0 Å². The topological polar surface area (TPSA) is 80.9 Å². The van der Waals surface area contributed by atoms with Gasteiger partial charge in [-0.3, -0.25) is 0 Å². The highest BCUT2D eigenvalue weighted by Crippen LogP contribution is 2.39. The molecule has 26 heavy (non-hydrogen) atoms. The van der Waals surface area contributed by atoms with Gasteiger partial charge in [-0.15, -0.1) is 0 Å². The zero-order valence-corrected chi connectivity index (χ0v) is 13.7. The van der Waals surface area contributed by atoms with Crippen LogP contribution in [0.1, 0.15) is 0 Å². The Morgan fingerprint density at radius 3 is 1.15 bits per heavy atom. The van der Waals surface area contributed by atoms with Crippen molar-refractivity contribution < 1.29 is 20.1 Å². The van der Waals surface area contributed by atoms with Crippen LogP contribution in [0, 0.1) is 0 Å². The molecule has 4 N–H and O–H groups in total. The average molecular weight is 340 g/mol. The van der Waals surface area contributed by atoms with Gasteiger partial charge in [0.15, 0.2) is 0 Å². The van der Waals surface area contributed by atoms with Gasteiger partial charge in [0, 0.05) is 0 Å². The molecule has 4 nitrogen and oxygen atoms in total. The van der Waals surface area contributed by atoms with Crippen molar-refractivity contribution >= 4 is 68.3 Å². The zero-order chi connectivity index (χ0) is 18.0. The average Bonchev–Trinajstić information content (AvgIpc) is 2.64. The minimum absolute atomic E-state index is 0.476. The van der Waals surface area contributed by atoms with Gasteiger partial charge in [-0.1, -0.05) is 60.7 Å².